The van der Waals surface area contributed by atoms with Crippen LogP contribution in [0.4, 0.5) is 0 Å². The van der Waals surface area contributed by atoms with Crippen LogP contribution in [0.3, 0.4) is 0 Å². The molecule has 4 nitrogen and oxygen atoms in total. The van der Waals surface area contributed by atoms with Crippen molar-refractivity contribution in [1.82, 2.24) is 10.2 Å². The summed E-state index contributed by atoms with van der Waals surface area (Å²) in [4.78, 5) is 27.7. The first kappa shape index (κ1) is 25.6. The highest BCUT2D eigenvalue weighted by atomic mass is 35.5. The predicted octanol–water partition coefficient (Wildman–Crippen LogP) is 5.95. The molecule has 0 heterocycles. The number of carbonyl (C=O) groups is 2. The van der Waals surface area contributed by atoms with E-state index in [0.29, 0.717) is 28.6 Å². The van der Waals surface area contributed by atoms with Crippen LogP contribution in [0.15, 0.2) is 48.5 Å². The van der Waals surface area contributed by atoms with Gasteiger partial charge < -0.3 is 10.2 Å². The smallest absolute Gasteiger partial charge is 0.242 e. The van der Waals surface area contributed by atoms with Gasteiger partial charge in [0, 0.05) is 34.5 Å². The van der Waals surface area contributed by atoms with E-state index in [4.69, 9.17) is 23.2 Å². The summed E-state index contributed by atoms with van der Waals surface area (Å²) in [7, 11) is 0. The molecule has 0 bridgehead atoms. The summed E-state index contributed by atoms with van der Waals surface area (Å²) in [5.74, 6) is 0.762. The van der Waals surface area contributed by atoms with Gasteiger partial charge in [0.05, 0.1) is 5.75 Å². The normalized spacial score (nSPS) is 11.7. The highest BCUT2D eigenvalue weighted by Crippen LogP contribution is 2.27. The fourth-order valence-corrected chi connectivity index (χ4v) is 4.58. The van der Waals surface area contributed by atoms with Gasteiger partial charge in [0.2, 0.25) is 11.8 Å². The van der Waals surface area contributed by atoms with Gasteiger partial charge in [0.15, 0.2) is 0 Å². The fraction of sp³-hybridized carbons (Fsp3) is 0.417. The van der Waals surface area contributed by atoms with Crippen LogP contribution in [0.25, 0.3) is 0 Å². The molecule has 1 unspecified atom stereocenters. The van der Waals surface area contributed by atoms with E-state index in [-0.39, 0.29) is 24.1 Å². The molecule has 7 heteroatoms. The van der Waals surface area contributed by atoms with Crippen molar-refractivity contribution in [3.8, 4) is 0 Å². The highest BCUT2D eigenvalue weighted by Gasteiger charge is 2.29. The maximum absolute atomic E-state index is 13.2. The minimum absolute atomic E-state index is 0.102. The maximum atomic E-state index is 13.2. The number of halogens is 2. The topological polar surface area (TPSA) is 49.4 Å². The third-order valence-electron chi connectivity index (χ3n) is 4.94. The zero-order valence-corrected chi connectivity index (χ0v) is 20.4. The number of unbranched alkanes of at least 4 members (excludes halogenated alkanes) is 1. The molecule has 2 amide bonds. The van der Waals surface area contributed by atoms with Crippen molar-refractivity contribution < 1.29 is 9.59 Å². The Labute approximate surface area is 199 Å². The number of carbonyl (C=O) groups excluding carboxylic acids is 2. The van der Waals surface area contributed by atoms with Crippen molar-refractivity contribution in [2.45, 2.75) is 51.4 Å². The second-order valence-corrected chi connectivity index (χ2v) is 9.07. The van der Waals surface area contributed by atoms with E-state index in [0.717, 1.165) is 24.2 Å². The number of nitrogens with zero attached hydrogens (tertiary/aromatic N) is 1. The minimum atomic E-state index is -0.575. The SMILES string of the molecule is CCCCNC(=O)C(CC)N(Cc1c(Cl)cccc1Cl)C(=O)CSCc1ccccc1. The standard InChI is InChI=1S/C24H30Cl2N2O2S/c1-3-5-14-27-24(30)22(4-2)28(15-19-20(25)12-9-13-21(19)26)23(29)17-31-16-18-10-7-6-8-11-18/h6-13,22H,3-5,14-17H2,1-2H3,(H,27,30). The second kappa shape index (κ2) is 13.7. The summed E-state index contributed by atoms with van der Waals surface area (Å²) >= 11 is 14.3. The van der Waals surface area contributed by atoms with Gasteiger partial charge in [-0.2, -0.15) is 0 Å². The molecule has 0 spiro atoms. The number of benzene rings is 2. The molecule has 31 heavy (non-hydrogen) atoms. The van der Waals surface area contributed by atoms with Gasteiger partial charge in [-0.3, -0.25) is 9.59 Å². The van der Waals surface area contributed by atoms with Crippen LogP contribution in [0.2, 0.25) is 10.0 Å². The monoisotopic (exact) mass is 480 g/mol. The van der Waals surface area contributed by atoms with Crippen LogP contribution in [0.1, 0.15) is 44.2 Å². The third-order valence-corrected chi connectivity index (χ3v) is 6.64. The minimum Gasteiger partial charge on any atom is -0.354 e. The van der Waals surface area contributed by atoms with Gasteiger partial charge in [0.1, 0.15) is 6.04 Å². The van der Waals surface area contributed by atoms with Gasteiger partial charge in [-0.15, -0.1) is 11.8 Å². The molecule has 0 saturated carbocycles. The summed E-state index contributed by atoms with van der Waals surface area (Å²) in [6.07, 6.45) is 2.40. The summed E-state index contributed by atoms with van der Waals surface area (Å²) in [5.41, 5.74) is 1.82. The molecule has 0 fully saturated rings. The molecular formula is C24H30Cl2N2O2S. The molecule has 0 aromatic heterocycles. The van der Waals surface area contributed by atoms with Crippen LogP contribution in [0.5, 0.6) is 0 Å². The number of hydrogen-bond acceptors (Lipinski definition) is 3. The van der Waals surface area contributed by atoms with Gasteiger partial charge in [-0.25, -0.2) is 0 Å². The molecule has 1 atom stereocenters. The van der Waals surface area contributed by atoms with E-state index in [1.807, 2.05) is 37.3 Å². The predicted molar refractivity (Wildman–Crippen MR) is 132 cm³/mol. The van der Waals surface area contributed by atoms with Crippen LogP contribution in [-0.4, -0.2) is 35.1 Å². The molecule has 2 aromatic rings. The average molecular weight is 481 g/mol. The molecule has 1 N–H and O–H groups in total. The van der Waals surface area contributed by atoms with E-state index in [1.165, 1.54) is 11.8 Å². The molecule has 0 saturated heterocycles. The lowest BCUT2D eigenvalue weighted by Gasteiger charge is -2.31. The van der Waals surface area contributed by atoms with E-state index in [2.05, 4.69) is 12.2 Å². The van der Waals surface area contributed by atoms with Crippen molar-refractivity contribution in [3.05, 3.63) is 69.7 Å². The maximum Gasteiger partial charge on any atom is 0.242 e. The van der Waals surface area contributed by atoms with Crippen molar-refractivity contribution >= 4 is 46.8 Å². The molecule has 2 aromatic carbocycles. The first-order valence-electron chi connectivity index (χ1n) is 10.6. The Balaban J connectivity index is 2.16. The lowest BCUT2D eigenvalue weighted by atomic mass is 10.1. The van der Waals surface area contributed by atoms with E-state index in [9.17, 15) is 9.59 Å². The Bertz CT molecular complexity index is 828. The first-order valence-corrected chi connectivity index (χ1v) is 12.5. The van der Waals surface area contributed by atoms with Crippen LogP contribution < -0.4 is 5.32 Å². The molecule has 0 radical (unpaired) electrons. The lowest BCUT2D eigenvalue weighted by molar-refractivity contribution is -0.139. The number of thioether (sulfide) groups is 1. The Kier molecular flexibility index (Phi) is 11.3. The van der Waals surface area contributed by atoms with Crippen molar-refractivity contribution in [3.63, 3.8) is 0 Å². The van der Waals surface area contributed by atoms with Crippen LogP contribution in [0, 0.1) is 0 Å². The van der Waals surface area contributed by atoms with Crippen LogP contribution >= 0.6 is 35.0 Å². The number of hydrogen-bond donors (Lipinski definition) is 1. The van der Waals surface area contributed by atoms with Crippen molar-refractivity contribution in [1.29, 1.82) is 0 Å². The zero-order chi connectivity index (χ0) is 22.6. The van der Waals surface area contributed by atoms with Gasteiger partial charge in [0.25, 0.3) is 0 Å². The first-order chi connectivity index (χ1) is 15.0. The zero-order valence-electron chi connectivity index (χ0n) is 18.1. The Morgan fingerprint density at radius 1 is 1.03 bits per heavy atom. The summed E-state index contributed by atoms with van der Waals surface area (Å²) in [5, 5.41) is 3.94. The molecule has 2 rings (SSSR count). The number of rotatable bonds is 12. The molecule has 168 valence electrons. The van der Waals surface area contributed by atoms with Crippen molar-refractivity contribution in [2.75, 3.05) is 12.3 Å². The van der Waals surface area contributed by atoms with Crippen LogP contribution in [-0.2, 0) is 21.9 Å². The van der Waals surface area contributed by atoms with Gasteiger partial charge in [-0.1, -0.05) is 79.9 Å². The molecule has 0 aliphatic heterocycles. The number of amides is 2. The second-order valence-electron chi connectivity index (χ2n) is 7.27. The third kappa shape index (κ3) is 8.06. The van der Waals surface area contributed by atoms with Gasteiger partial charge >= 0.3 is 0 Å². The largest absolute Gasteiger partial charge is 0.354 e. The quantitative estimate of drug-likeness (QED) is 0.381. The summed E-state index contributed by atoms with van der Waals surface area (Å²) in [6, 6.07) is 14.7. The Hall–Kier alpha value is -1.69. The number of nitrogens with one attached hydrogen (secondary N) is 1. The van der Waals surface area contributed by atoms with E-state index >= 15 is 0 Å². The summed E-state index contributed by atoms with van der Waals surface area (Å²) in [6.45, 7) is 4.78. The Morgan fingerprint density at radius 3 is 2.32 bits per heavy atom. The fourth-order valence-electron chi connectivity index (χ4n) is 3.19. The molecular weight excluding hydrogens is 451 g/mol. The summed E-state index contributed by atoms with van der Waals surface area (Å²) < 4.78 is 0. The Morgan fingerprint density at radius 2 is 1.71 bits per heavy atom. The van der Waals surface area contributed by atoms with E-state index in [1.54, 1.807) is 23.1 Å². The highest BCUT2D eigenvalue weighted by molar-refractivity contribution is 7.99. The molecule has 0 aliphatic carbocycles. The van der Waals surface area contributed by atoms with Crippen molar-refractivity contribution in [2.24, 2.45) is 0 Å². The average Bonchev–Trinajstić information content (AvgIpc) is 2.76. The van der Waals surface area contributed by atoms with Gasteiger partial charge in [-0.05, 0) is 30.5 Å². The lowest BCUT2D eigenvalue weighted by Crippen LogP contribution is -2.49. The van der Waals surface area contributed by atoms with E-state index < -0.39 is 6.04 Å². The molecule has 0 aliphatic rings.